The van der Waals surface area contributed by atoms with Gasteiger partial charge in [0, 0.05) is 10.6 Å². The number of nitrogens with one attached hydrogen (secondary N) is 1. The zero-order chi connectivity index (χ0) is 23.4. The Labute approximate surface area is 204 Å². The van der Waals surface area contributed by atoms with Gasteiger partial charge in [0.25, 0.3) is 5.91 Å². The molecule has 4 rings (SSSR count). The second kappa shape index (κ2) is 10.3. The summed E-state index contributed by atoms with van der Waals surface area (Å²) in [4.78, 5) is 17.1. The van der Waals surface area contributed by atoms with Gasteiger partial charge in [0.05, 0.1) is 22.7 Å². The van der Waals surface area contributed by atoms with Gasteiger partial charge in [0.2, 0.25) is 0 Å². The molecule has 1 fully saturated rings. The van der Waals surface area contributed by atoms with E-state index in [4.69, 9.17) is 32.7 Å². The summed E-state index contributed by atoms with van der Waals surface area (Å²) in [6, 6.07) is 16.9. The van der Waals surface area contributed by atoms with Crippen molar-refractivity contribution in [3.63, 3.8) is 0 Å². The molecule has 1 amide bonds. The minimum atomic E-state index is -0.530. The summed E-state index contributed by atoms with van der Waals surface area (Å²) in [5.74, 6) is 0.260. The summed E-state index contributed by atoms with van der Waals surface area (Å²) in [5, 5.41) is 3.66. The molecule has 5 nitrogen and oxygen atoms in total. The van der Waals surface area contributed by atoms with E-state index in [-0.39, 0.29) is 10.9 Å². The van der Waals surface area contributed by atoms with Crippen LogP contribution in [0.1, 0.15) is 11.1 Å². The van der Waals surface area contributed by atoms with E-state index < -0.39 is 5.82 Å². The fourth-order valence-electron chi connectivity index (χ4n) is 2.97. The number of aliphatic imine (C=N–C) groups is 1. The minimum absolute atomic E-state index is 0.0362. The van der Waals surface area contributed by atoms with E-state index in [2.05, 4.69) is 10.3 Å². The lowest BCUT2D eigenvalue weighted by Crippen LogP contribution is -2.19. The number of hydrogen-bond donors (Lipinski definition) is 1. The summed E-state index contributed by atoms with van der Waals surface area (Å²) in [5.41, 5.74) is 2.05. The zero-order valence-corrected chi connectivity index (χ0v) is 19.6. The number of carbonyl (C=O) groups excluding carboxylic acids is 1. The molecule has 0 aromatic heterocycles. The molecule has 0 aliphatic carbocycles. The lowest BCUT2D eigenvalue weighted by Gasteiger charge is -2.12. The molecule has 0 bridgehead atoms. The van der Waals surface area contributed by atoms with E-state index in [9.17, 15) is 9.18 Å². The second-order valence-corrected chi connectivity index (χ2v) is 8.72. The molecule has 1 saturated heterocycles. The smallest absolute Gasteiger partial charge is 0.264 e. The van der Waals surface area contributed by atoms with E-state index in [1.165, 1.54) is 30.0 Å². The average Bonchev–Trinajstić information content (AvgIpc) is 3.14. The zero-order valence-electron chi connectivity index (χ0n) is 17.3. The lowest BCUT2D eigenvalue weighted by atomic mass is 10.2. The SMILES string of the molecule is COc1cc(/C=C2\SC(=Nc3ccc(F)c(Cl)c3)NC2=O)ccc1OCc1ccccc1Cl. The van der Waals surface area contributed by atoms with Gasteiger partial charge < -0.3 is 14.8 Å². The number of methoxy groups -OCH3 is 1. The summed E-state index contributed by atoms with van der Waals surface area (Å²) in [6.07, 6.45) is 1.72. The number of ether oxygens (including phenoxy) is 2. The second-order valence-electron chi connectivity index (χ2n) is 6.87. The van der Waals surface area contributed by atoms with E-state index >= 15 is 0 Å². The highest BCUT2D eigenvalue weighted by molar-refractivity contribution is 8.18. The van der Waals surface area contributed by atoms with Crippen molar-refractivity contribution in [2.75, 3.05) is 7.11 Å². The highest BCUT2D eigenvalue weighted by Gasteiger charge is 2.24. The lowest BCUT2D eigenvalue weighted by molar-refractivity contribution is -0.115. The number of amidine groups is 1. The van der Waals surface area contributed by atoms with Gasteiger partial charge in [-0.3, -0.25) is 4.79 Å². The maximum atomic E-state index is 13.3. The van der Waals surface area contributed by atoms with Gasteiger partial charge in [-0.25, -0.2) is 9.38 Å². The third kappa shape index (κ3) is 5.68. The summed E-state index contributed by atoms with van der Waals surface area (Å²) in [6.45, 7) is 0.294. The van der Waals surface area contributed by atoms with Gasteiger partial charge in [-0.2, -0.15) is 0 Å². The van der Waals surface area contributed by atoms with Gasteiger partial charge >= 0.3 is 0 Å². The van der Waals surface area contributed by atoms with Gasteiger partial charge in [-0.1, -0.05) is 47.5 Å². The minimum Gasteiger partial charge on any atom is -0.493 e. The van der Waals surface area contributed by atoms with E-state index in [1.54, 1.807) is 31.4 Å². The fourth-order valence-corrected chi connectivity index (χ4v) is 4.17. The molecule has 9 heteroatoms. The van der Waals surface area contributed by atoms with Crippen LogP contribution < -0.4 is 14.8 Å². The molecule has 1 N–H and O–H groups in total. The van der Waals surface area contributed by atoms with Gasteiger partial charge in [0.1, 0.15) is 12.4 Å². The van der Waals surface area contributed by atoms with Crippen molar-refractivity contribution in [2.24, 2.45) is 4.99 Å². The number of rotatable bonds is 6. The maximum Gasteiger partial charge on any atom is 0.264 e. The molecular formula is C24H17Cl2FN2O3S. The number of amides is 1. The van der Waals surface area contributed by atoms with Crippen molar-refractivity contribution in [1.82, 2.24) is 5.32 Å². The summed E-state index contributed by atoms with van der Waals surface area (Å²) >= 11 is 13.1. The first kappa shape index (κ1) is 23.2. The van der Waals surface area contributed by atoms with Crippen LogP contribution in [0.4, 0.5) is 10.1 Å². The summed E-state index contributed by atoms with van der Waals surface area (Å²) in [7, 11) is 1.55. The molecule has 0 spiro atoms. The van der Waals surface area contributed by atoms with Gasteiger partial charge in [-0.15, -0.1) is 0 Å². The first-order chi connectivity index (χ1) is 15.9. The molecule has 1 heterocycles. The number of carbonyl (C=O) groups is 1. The molecule has 3 aromatic carbocycles. The van der Waals surface area contributed by atoms with Crippen molar-refractivity contribution in [1.29, 1.82) is 0 Å². The Hall–Kier alpha value is -3.00. The largest absolute Gasteiger partial charge is 0.493 e. The van der Waals surface area contributed by atoms with Crippen LogP contribution in [0.25, 0.3) is 6.08 Å². The van der Waals surface area contributed by atoms with Crippen molar-refractivity contribution < 1.29 is 18.7 Å². The molecule has 1 aliphatic heterocycles. The Balaban J connectivity index is 1.50. The van der Waals surface area contributed by atoms with Crippen LogP contribution in [0, 0.1) is 5.82 Å². The van der Waals surface area contributed by atoms with Crippen molar-refractivity contribution in [3.8, 4) is 11.5 Å². The van der Waals surface area contributed by atoms with Crippen LogP contribution in [0.3, 0.4) is 0 Å². The molecular weight excluding hydrogens is 486 g/mol. The highest BCUT2D eigenvalue weighted by atomic mass is 35.5. The summed E-state index contributed by atoms with van der Waals surface area (Å²) < 4.78 is 24.7. The van der Waals surface area contributed by atoms with Crippen molar-refractivity contribution in [3.05, 3.63) is 92.6 Å². The van der Waals surface area contributed by atoms with Crippen LogP contribution in [0.5, 0.6) is 11.5 Å². The Kier molecular flexibility index (Phi) is 7.23. The Bertz CT molecular complexity index is 1280. The number of hydrogen-bond acceptors (Lipinski definition) is 5. The van der Waals surface area contributed by atoms with Crippen LogP contribution >= 0.6 is 35.0 Å². The van der Waals surface area contributed by atoms with E-state index in [0.29, 0.717) is 38.9 Å². The monoisotopic (exact) mass is 502 g/mol. The number of thioether (sulfide) groups is 1. The molecule has 0 radical (unpaired) electrons. The Morgan fingerprint density at radius 2 is 1.88 bits per heavy atom. The van der Waals surface area contributed by atoms with E-state index in [1.807, 2.05) is 24.3 Å². The van der Waals surface area contributed by atoms with Crippen LogP contribution in [-0.4, -0.2) is 18.2 Å². The predicted octanol–water partition coefficient (Wildman–Crippen LogP) is 6.61. The molecule has 0 unspecified atom stereocenters. The number of benzene rings is 3. The fraction of sp³-hybridized carbons (Fsp3) is 0.0833. The predicted molar refractivity (Wildman–Crippen MR) is 131 cm³/mol. The molecule has 33 heavy (non-hydrogen) atoms. The third-order valence-electron chi connectivity index (χ3n) is 4.61. The Morgan fingerprint density at radius 1 is 1.06 bits per heavy atom. The highest BCUT2D eigenvalue weighted by Crippen LogP contribution is 2.33. The topological polar surface area (TPSA) is 59.9 Å². The molecule has 0 saturated carbocycles. The van der Waals surface area contributed by atoms with Gasteiger partial charge in [-0.05, 0) is 59.8 Å². The van der Waals surface area contributed by atoms with E-state index in [0.717, 1.165) is 11.1 Å². The standard InChI is InChI=1S/C24H17Cl2FN2O3S/c1-31-21-10-14(6-9-20(21)32-13-15-4-2-3-5-17(15)25)11-22-23(30)29-24(33-22)28-16-7-8-19(27)18(26)12-16/h2-12H,13H2,1H3,(H,28,29,30)/b22-11-. The van der Waals surface area contributed by atoms with Crippen LogP contribution in [0.2, 0.25) is 10.0 Å². The molecule has 3 aromatic rings. The number of nitrogens with zero attached hydrogens (tertiary/aromatic N) is 1. The average molecular weight is 503 g/mol. The number of halogens is 3. The molecule has 168 valence electrons. The van der Waals surface area contributed by atoms with Gasteiger partial charge in [0.15, 0.2) is 16.7 Å². The van der Waals surface area contributed by atoms with Crippen LogP contribution in [0.15, 0.2) is 70.6 Å². The van der Waals surface area contributed by atoms with Crippen molar-refractivity contribution in [2.45, 2.75) is 6.61 Å². The Morgan fingerprint density at radius 3 is 2.64 bits per heavy atom. The van der Waals surface area contributed by atoms with Crippen molar-refractivity contribution >= 4 is 57.8 Å². The maximum absolute atomic E-state index is 13.3. The first-order valence-corrected chi connectivity index (χ1v) is 11.3. The quantitative estimate of drug-likeness (QED) is 0.385. The first-order valence-electron chi connectivity index (χ1n) is 9.72. The molecule has 0 atom stereocenters. The normalized spacial score (nSPS) is 15.7. The molecule has 1 aliphatic rings. The van der Waals surface area contributed by atoms with Crippen LogP contribution in [-0.2, 0) is 11.4 Å². The third-order valence-corrected chi connectivity index (χ3v) is 6.18.